The molecule has 0 spiro atoms. The first-order chi connectivity index (χ1) is 12.0. The third kappa shape index (κ3) is 4.17. The summed E-state index contributed by atoms with van der Waals surface area (Å²) in [6, 6.07) is 11.8. The van der Waals surface area contributed by atoms with Gasteiger partial charge in [-0.15, -0.1) is 0 Å². The van der Waals surface area contributed by atoms with Gasteiger partial charge < -0.3 is 9.88 Å². The number of amides is 1. The number of rotatable bonds is 5. The zero-order chi connectivity index (χ0) is 17.8. The van der Waals surface area contributed by atoms with Crippen LogP contribution in [0.4, 0.5) is 0 Å². The monoisotopic (exact) mass is 339 g/mol. The molecule has 1 N–H and O–H groups in total. The number of nitrogens with zero attached hydrogens (tertiary/aromatic N) is 2. The van der Waals surface area contributed by atoms with E-state index < -0.39 is 0 Å². The van der Waals surface area contributed by atoms with Crippen molar-refractivity contribution in [2.75, 3.05) is 19.6 Å². The minimum atomic E-state index is -0.279. The Morgan fingerprint density at radius 3 is 2.84 bits per heavy atom. The van der Waals surface area contributed by atoms with E-state index in [1.807, 2.05) is 0 Å². The number of carbonyl (C=O) groups is 1. The molecule has 1 aliphatic rings. The van der Waals surface area contributed by atoms with Gasteiger partial charge in [0.05, 0.1) is 0 Å². The SMILES string of the molecule is Cc1ccccc1CN1CCC(CNC(=O)c2cccn(C)c2=O)C1. The number of benzene rings is 1. The lowest BCUT2D eigenvalue weighted by molar-refractivity contribution is 0.0945. The molecule has 2 heterocycles. The molecule has 25 heavy (non-hydrogen) atoms. The van der Waals surface area contributed by atoms with E-state index in [1.54, 1.807) is 25.4 Å². The van der Waals surface area contributed by atoms with Gasteiger partial charge >= 0.3 is 0 Å². The smallest absolute Gasteiger partial charge is 0.263 e. The van der Waals surface area contributed by atoms with Crippen LogP contribution in [0, 0.1) is 12.8 Å². The Morgan fingerprint density at radius 2 is 2.04 bits per heavy atom. The maximum Gasteiger partial charge on any atom is 0.263 e. The highest BCUT2D eigenvalue weighted by Gasteiger charge is 2.23. The molecule has 2 aromatic rings. The Balaban J connectivity index is 1.52. The van der Waals surface area contributed by atoms with Crippen molar-refractivity contribution in [3.8, 4) is 0 Å². The maximum absolute atomic E-state index is 12.3. The zero-order valence-corrected chi connectivity index (χ0v) is 14.9. The van der Waals surface area contributed by atoms with Crippen LogP contribution in [0.1, 0.15) is 27.9 Å². The van der Waals surface area contributed by atoms with E-state index in [-0.39, 0.29) is 17.0 Å². The van der Waals surface area contributed by atoms with Crippen molar-refractivity contribution in [3.05, 3.63) is 69.6 Å². The van der Waals surface area contributed by atoms with Gasteiger partial charge in [-0.25, -0.2) is 0 Å². The molecule has 1 aromatic heterocycles. The Labute approximate surface area is 148 Å². The summed E-state index contributed by atoms with van der Waals surface area (Å²) in [6.07, 6.45) is 2.72. The van der Waals surface area contributed by atoms with Crippen LogP contribution in [0.25, 0.3) is 0 Å². The van der Waals surface area contributed by atoms with Crippen LogP contribution in [0.2, 0.25) is 0 Å². The van der Waals surface area contributed by atoms with Crippen LogP contribution >= 0.6 is 0 Å². The van der Waals surface area contributed by atoms with Gasteiger partial charge in [0.1, 0.15) is 5.56 Å². The number of aromatic nitrogens is 1. The number of nitrogens with one attached hydrogen (secondary N) is 1. The minimum absolute atomic E-state index is 0.208. The van der Waals surface area contributed by atoms with Crippen LogP contribution < -0.4 is 10.9 Å². The Bertz CT molecular complexity index is 813. The van der Waals surface area contributed by atoms with Crippen LogP contribution in [0.5, 0.6) is 0 Å². The van der Waals surface area contributed by atoms with Gasteiger partial charge in [-0.05, 0) is 49.1 Å². The summed E-state index contributed by atoms with van der Waals surface area (Å²) in [7, 11) is 1.65. The summed E-state index contributed by atoms with van der Waals surface area (Å²) in [5, 5.41) is 2.93. The van der Waals surface area contributed by atoms with Gasteiger partial charge in [-0.1, -0.05) is 24.3 Å². The third-order valence-electron chi connectivity index (χ3n) is 4.94. The molecule has 1 atom stereocenters. The molecule has 1 aliphatic heterocycles. The largest absolute Gasteiger partial charge is 0.352 e. The molecule has 1 unspecified atom stereocenters. The molecule has 5 heteroatoms. The predicted molar refractivity (Wildman–Crippen MR) is 98.6 cm³/mol. The average molecular weight is 339 g/mol. The number of aryl methyl sites for hydroxylation is 2. The summed E-state index contributed by atoms with van der Waals surface area (Å²) in [4.78, 5) is 26.7. The number of likely N-dealkylation sites (tertiary alicyclic amines) is 1. The molecule has 132 valence electrons. The fourth-order valence-corrected chi connectivity index (χ4v) is 3.35. The lowest BCUT2D eigenvalue weighted by Gasteiger charge is -2.17. The Morgan fingerprint density at radius 1 is 1.24 bits per heavy atom. The number of pyridine rings is 1. The van der Waals surface area contributed by atoms with Crippen molar-refractivity contribution in [1.82, 2.24) is 14.8 Å². The van der Waals surface area contributed by atoms with Crippen molar-refractivity contribution in [1.29, 1.82) is 0 Å². The highest BCUT2D eigenvalue weighted by molar-refractivity contribution is 5.93. The highest BCUT2D eigenvalue weighted by Crippen LogP contribution is 2.19. The van der Waals surface area contributed by atoms with Gasteiger partial charge in [0.25, 0.3) is 11.5 Å². The van der Waals surface area contributed by atoms with Crippen LogP contribution in [-0.2, 0) is 13.6 Å². The Kier molecular flexibility index (Phi) is 5.34. The van der Waals surface area contributed by atoms with Crippen LogP contribution in [0.3, 0.4) is 0 Å². The van der Waals surface area contributed by atoms with E-state index >= 15 is 0 Å². The second-order valence-electron chi connectivity index (χ2n) is 6.86. The fraction of sp³-hybridized carbons (Fsp3) is 0.400. The van der Waals surface area contributed by atoms with E-state index in [0.717, 1.165) is 26.1 Å². The molecule has 1 fully saturated rings. The summed E-state index contributed by atoms with van der Waals surface area (Å²) >= 11 is 0. The van der Waals surface area contributed by atoms with E-state index in [0.29, 0.717) is 12.5 Å². The van der Waals surface area contributed by atoms with E-state index in [1.165, 1.54) is 15.7 Å². The van der Waals surface area contributed by atoms with Gasteiger partial charge in [0.15, 0.2) is 0 Å². The minimum Gasteiger partial charge on any atom is -0.352 e. The van der Waals surface area contributed by atoms with Gasteiger partial charge in [-0.2, -0.15) is 0 Å². The molecule has 1 saturated heterocycles. The van der Waals surface area contributed by atoms with Crippen molar-refractivity contribution >= 4 is 5.91 Å². The van der Waals surface area contributed by atoms with Gasteiger partial charge in [0.2, 0.25) is 0 Å². The van der Waals surface area contributed by atoms with Crippen molar-refractivity contribution in [2.24, 2.45) is 13.0 Å². The first kappa shape index (κ1) is 17.4. The van der Waals surface area contributed by atoms with Crippen LogP contribution in [-0.4, -0.2) is 35.0 Å². The molecule has 0 aliphatic carbocycles. The molecule has 1 amide bonds. The zero-order valence-electron chi connectivity index (χ0n) is 14.9. The number of hydrogen-bond acceptors (Lipinski definition) is 3. The summed E-state index contributed by atoms with van der Waals surface area (Å²) in [5.41, 5.74) is 2.63. The average Bonchev–Trinajstić information content (AvgIpc) is 3.05. The van der Waals surface area contributed by atoms with Crippen molar-refractivity contribution in [2.45, 2.75) is 19.9 Å². The fourth-order valence-electron chi connectivity index (χ4n) is 3.35. The summed E-state index contributed by atoms with van der Waals surface area (Å²) < 4.78 is 1.43. The van der Waals surface area contributed by atoms with E-state index in [2.05, 4.69) is 41.4 Å². The van der Waals surface area contributed by atoms with Gasteiger partial charge in [-0.3, -0.25) is 14.5 Å². The maximum atomic E-state index is 12.3. The molecule has 5 nitrogen and oxygen atoms in total. The third-order valence-corrected chi connectivity index (χ3v) is 4.94. The van der Waals surface area contributed by atoms with Crippen molar-refractivity contribution < 1.29 is 4.79 Å². The molecule has 0 radical (unpaired) electrons. The molecule has 0 bridgehead atoms. The molecule has 0 saturated carbocycles. The lowest BCUT2D eigenvalue weighted by atomic mass is 10.1. The molecule has 1 aromatic carbocycles. The van der Waals surface area contributed by atoms with E-state index in [4.69, 9.17) is 0 Å². The normalized spacial score (nSPS) is 17.6. The topological polar surface area (TPSA) is 54.3 Å². The molecular formula is C20H25N3O2. The van der Waals surface area contributed by atoms with E-state index in [9.17, 15) is 9.59 Å². The standard InChI is InChI=1S/C20H25N3O2/c1-15-6-3-4-7-17(15)14-23-11-9-16(13-23)12-21-19(24)18-8-5-10-22(2)20(18)25/h3-8,10,16H,9,11-14H2,1-2H3,(H,21,24). The number of hydrogen-bond donors (Lipinski definition) is 1. The van der Waals surface area contributed by atoms with Crippen LogP contribution in [0.15, 0.2) is 47.4 Å². The Hall–Kier alpha value is -2.40. The van der Waals surface area contributed by atoms with Crippen molar-refractivity contribution in [3.63, 3.8) is 0 Å². The molecule has 3 rings (SSSR count). The molecular weight excluding hydrogens is 314 g/mol. The second kappa shape index (κ2) is 7.66. The quantitative estimate of drug-likeness (QED) is 0.906. The number of carbonyl (C=O) groups excluding carboxylic acids is 1. The lowest BCUT2D eigenvalue weighted by Crippen LogP contribution is -2.35. The highest BCUT2D eigenvalue weighted by atomic mass is 16.2. The summed E-state index contributed by atoms with van der Waals surface area (Å²) in [5.74, 6) is 0.152. The summed E-state index contributed by atoms with van der Waals surface area (Å²) in [6.45, 7) is 5.73. The first-order valence-corrected chi connectivity index (χ1v) is 8.75. The van der Waals surface area contributed by atoms with Gasteiger partial charge in [0, 0.05) is 32.9 Å². The predicted octanol–water partition coefficient (Wildman–Crippen LogP) is 1.95. The second-order valence-corrected chi connectivity index (χ2v) is 6.86. The first-order valence-electron chi connectivity index (χ1n) is 8.75.